The molecule has 2 heteroatoms. The molecule has 0 fully saturated rings. The van der Waals surface area contributed by atoms with E-state index in [4.69, 9.17) is 0 Å². The Balaban J connectivity index is 2.94. The highest BCUT2D eigenvalue weighted by molar-refractivity contribution is 5.24. The van der Waals surface area contributed by atoms with Crippen LogP contribution in [-0.4, -0.2) is 11.5 Å². The van der Waals surface area contributed by atoms with Crippen molar-refractivity contribution >= 4 is 0 Å². The van der Waals surface area contributed by atoms with Crippen LogP contribution in [-0.2, 0) is 6.42 Å². The molecule has 0 aliphatic rings. The lowest BCUT2D eigenvalue weighted by atomic mass is 9.99. The monoisotopic (exact) mass is 218 g/mol. The third-order valence-electron chi connectivity index (χ3n) is 2.64. The quantitative estimate of drug-likeness (QED) is 0.741. The SMILES string of the molecule is C=C(C)CC(NCC)c1ncccc1CC. The van der Waals surface area contributed by atoms with Crippen LogP contribution in [0.1, 0.15) is 44.5 Å². The number of nitrogens with one attached hydrogen (secondary N) is 1. The third-order valence-corrected chi connectivity index (χ3v) is 2.64. The molecule has 1 aromatic rings. The largest absolute Gasteiger partial charge is 0.309 e. The molecule has 1 rings (SSSR count). The fourth-order valence-electron chi connectivity index (χ4n) is 1.92. The molecular formula is C14H22N2. The van der Waals surface area contributed by atoms with E-state index in [1.165, 1.54) is 16.8 Å². The van der Waals surface area contributed by atoms with Crippen LogP contribution in [0.5, 0.6) is 0 Å². The lowest BCUT2D eigenvalue weighted by Gasteiger charge is -2.19. The Morgan fingerprint density at radius 2 is 2.25 bits per heavy atom. The minimum atomic E-state index is 0.304. The predicted octanol–water partition coefficient (Wildman–Crippen LogP) is 3.26. The topological polar surface area (TPSA) is 24.9 Å². The second-order valence-electron chi connectivity index (χ2n) is 4.17. The number of nitrogens with zero attached hydrogens (tertiary/aromatic N) is 1. The summed E-state index contributed by atoms with van der Waals surface area (Å²) in [5.74, 6) is 0. The molecule has 0 aromatic carbocycles. The molecule has 0 amide bonds. The van der Waals surface area contributed by atoms with Crippen molar-refractivity contribution in [3.63, 3.8) is 0 Å². The zero-order chi connectivity index (χ0) is 12.0. The molecule has 1 N–H and O–H groups in total. The highest BCUT2D eigenvalue weighted by Gasteiger charge is 2.14. The summed E-state index contributed by atoms with van der Waals surface area (Å²) in [6, 6.07) is 4.47. The van der Waals surface area contributed by atoms with Crippen LogP contribution in [0.3, 0.4) is 0 Å². The first kappa shape index (κ1) is 12.9. The maximum Gasteiger partial charge on any atom is 0.0608 e. The molecule has 0 saturated carbocycles. The van der Waals surface area contributed by atoms with Crippen molar-refractivity contribution in [3.05, 3.63) is 41.7 Å². The first-order chi connectivity index (χ1) is 7.69. The lowest BCUT2D eigenvalue weighted by Crippen LogP contribution is -2.23. The fourth-order valence-corrected chi connectivity index (χ4v) is 1.92. The molecule has 1 aromatic heterocycles. The van der Waals surface area contributed by atoms with Crippen molar-refractivity contribution in [1.29, 1.82) is 0 Å². The van der Waals surface area contributed by atoms with E-state index in [1.54, 1.807) is 0 Å². The van der Waals surface area contributed by atoms with Crippen molar-refractivity contribution in [2.75, 3.05) is 6.54 Å². The van der Waals surface area contributed by atoms with Crippen LogP contribution in [0.25, 0.3) is 0 Å². The number of aromatic nitrogens is 1. The van der Waals surface area contributed by atoms with Gasteiger partial charge in [-0.25, -0.2) is 0 Å². The van der Waals surface area contributed by atoms with Gasteiger partial charge < -0.3 is 5.32 Å². The Labute approximate surface area is 98.8 Å². The average molecular weight is 218 g/mol. The Morgan fingerprint density at radius 1 is 1.50 bits per heavy atom. The zero-order valence-corrected chi connectivity index (χ0v) is 10.6. The molecule has 88 valence electrons. The van der Waals surface area contributed by atoms with E-state index in [1.807, 2.05) is 12.3 Å². The van der Waals surface area contributed by atoms with E-state index >= 15 is 0 Å². The summed E-state index contributed by atoms with van der Waals surface area (Å²) in [6.45, 7) is 11.3. The highest BCUT2D eigenvalue weighted by Crippen LogP contribution is 2.21. The van der Waals surface area contributed by atoms with E-state index in [0.29, 0.717) is 6.04 Å². The number of aryl methyl sites for hydroxylation is 1. The minimum absolute atomic E-state index is 0.304. The van der Waals surface area contributed by atoms with Crippen LogP contribution in [0.15, 0.2) is 30.5 Å². The first-order valence-electron chi connectivity index (χ1n) is 6.00. The van der Waals surface area contributed by atoms with Gasteiger partial charge in [0.25, 0.3) is 0 Å². The summed E-state index contributed by atoms with van der Waals surface area (Å²) in [4.78, 5) is 4.52. The van der Waals surface area contributed by atoms with Gasteiger partial charge in [0.1, 0.15) is 0 Å². The molecule has 1 atom stereocenters. The van der Waals surface area contributed by atoms with E-state index < -0.39 is 0 Å². The van der Waals surface area contributed by atoms with Gasteiger partial charge in [0.2, 0.25) is 0 Å². The van der Waals surface area contributed by atoms with Gasteiger partial charge in [-0.05, 0) is 37.9 Å². The van der Waals surface area contributed by atoms with Crippen LogP contribution in [0.2, 0.25) is 0 Å². The van der Waals surface area contributed by atoms with Crippen molar-refractivity contribution in [1.82, 2.24) is 10.3 Å². The molecule has 0 aliphatic heterocycles. The molecule has 0 saturated heterocycles. The Hall–Kier alpha value is -1.15. The fraction of sp³-hybridized carbons (Fsp3) is 0.500. The molecule has 1 unspecified atom stereocenters. The summed E-state index contributed by atoms with van der Waals surface area (Å²) in [7, 11) is 0. The van der Waals surface area contributed by atoms with Gasteiger partial charge >= 0.3 is 0 Å². The number of hydrogen-bond acceptors (Lipinski definition) is 2. The highest BCUT2D eigenvalue weighted by atomic mass is 14.9. The van der Waals surface area contributed by atoms with E-state index in [0.717, 1.165) is 19.4 Å². The first-order valence-corrected chi connectivity index (χ1v) is 6.00. The van der Waals surface area contributed by atoms with Crippen LogP contribution < -0.4 is 5.32 Å². The van der Waals surface area contributed by atoms with Gasteiger partial charge in [0.05, 0.1) is 11.7 Å². The third kappa shape index (κ3) is 3.46. The smallest absolute Gasteiger partial charge is 0.0608 e. The van der Waals surface area contributed by atoms with Crippen molar-refractivity contribution in [3.8, 4) is 0 Å². The van der Waals surface area contributed by atoms with Crippen molar-refractivity contribution in [2.45, 2.75) is 39.7 Å². The van der Waals surface area contributed by atoms with Gasteiger partial charge in [-0.1, -0.05) is 25.5 Å². The second kappa shape index (κ2) is 6.44. The van der Waals surface area contributed by atoms with Gasteiger partial charge in [0.15, 0.2) is 0 Å². The number of hydrogen-bond donors (Lipinski definition) is 1. The standard InChI is InChI=1S/C14H22N2/c1-5-12-8-7-9-16-14(12)13(15-6-2)10-11(3)4/h7-9,13,15H,3,5-6,10H2,1-2,4H3. The van der Waals surface area contributed by atoms with E-state index in [9.17, 15) is 0 Å². The summed E-state index contributed by atoms with van der Waals surface area (Å²) >= 11 is 0. The molecule has 0 radical (unpaired) electrons. The summed E-state index contributed by atoms with van der Waals surface area (Å²) in [5.41, 5.74) is 3.70. The minimum Gasteiger partial charge on any atom is -0.309 e. The Morgan fingerprint density at radius 3 is 2.81 bits per heavy atom. The Kier molecular flexibility index (Phi) is 5.20. The number of rotatable bonds is 6. The van der Waals surface area contributed by atoms with E-state index in [-0.39, 0.29) is 0 Å². The number of pyridine rings is 1. The molecule has 0 aliphatic carbocycles. The van der Waals surface area contributed by atoms with Gasteiger partial charge in [-0.2, -0.15) is 0 Å². The van der Waals surface area contributed by atoms with Crippen LogP contribution in [0.4, 0.5) is 0 Å². The maximum atomic E-state index is 4.52. The summed E-state index contributed by atoms with van der Waals surface area (Å²) in [5, 5.41) is 3.48. The van der Waals surface area contributed by atoms with Gasteiger partial charge in [0, 0.05) is 6.20 Å². The molecule has 1 heterocycles. The molecular weight excluding hydrogens is 196 g/mol. The van der Waals surface area contributed by atoms with Gasteiger partial charge in [-0.15, -0.1) is 6.58 Å². The summed E-state index contributed by atoms with van der Waals surface area (Å²) < 4.78 is 0. The Bertz CT molecular complexity index is 344. The maximum absolute atomic E-state index is 4.52. The van der Waals surface area contributed by atoms with Crippen molar-refractivity contribution in [2.24, 2.45) is 0 Å². The molecule has 0 spiro atoms. The predicted molar refractivity (Wildman–Crippen MR) is 69.5 cm³/mol. The van der Waals surface area contributed by atoms with Crippen molar-refractivity contribution < 1.29 is 0 Å². The molecule has 16 heavy (non-hydrogen) atoms. The zero-order valence-electron chi connectivity index (χ0n) is 10.6. The second-order valence-corrected chi connectivity index (χ2v) is 4.17. The van der Waals surface area contributed by atoms with Gasteiger partial charge in [-0.3, -0.25) is 4.98 Å². The molecule has 2 nitrogen and oxygen atoms in total. The van der Waals surface area contributed by atoms with Crippen LogP contribution in [0, 0.1) is 0 Å². The normalized spacial score (nSPS) is 12.4. The van der Waals surface area contributed by atoms with Crippen LogP contribution >= 0.6 is 0 Å². The molecule has 0 bridgehead atoms. The van der Waals surface area contributed by atoms with E-state index in [2.05, 4.69) is 43.7 Å². The average Bonchev–Trinajstić information content (AvgIpc) is 2.28. The summed E-state index contributed by atoms with van der Waals surface area (Å²) in [6.07, 6.45) is 3.86. The lowest BCUT2D eigenvalue weighted by molar-refractivity contribution is 0.530.